The first-order valence-corrected chi connectivity index (χ1v) is 11.4. The molecule has 2 N–H and O–H groups in total. The molecule has 0 aromatic heterocycles. The molecule has 8 heteroatoms. The van der Waals surface area contributed by atoms with Crippen molar-refractivity contribution in [3.63, 3.8) is 0 Å². The number of fused-ring (bicyclic) bond motifs is 1. The molecule has 0 spiro atoms. The van der Waals surface area contributed by atoms with Crippen molar-refractivity contribution in [3.05, 3.63) is 0 Å². The van der Waals surface area contributed by atoms with E-state index >= 15 is 0 Å². The minimum atomic E-state index is -3.24. The van der Waals surface area contributed by atoms with Gasteiger partial charge in [-0.05, 0) is 25.2 Å². The summed E-state index contributed by atoms with van der Waals surface area (Å²) in [5, 5.41) is 6.25. The van der Waals surface area contributed by atoms with Gasteiger partial charge < -0.3 is 10.6 Å². The van der Waals surface area contributed by atoms with Crippen LogP contribution < -0.4 is 10.6 Å². The van der Waals surface area contributed by atoms with Gasteiger partial charge in [-0.15, -0.1) is 0 Å². The van der Waals surface area contributed by atoms with E-state index in [1.807, 2.05) is 0 Å². The fourth-order valence-corrected chi connectivity index (χ4v) is 6.39. The lowest BCUT2D eigenvalue weighted by Crippen LogP contribution is -2.46. The quantitative estimate of drug-likeness (QED) is 0.741. The maximum absolute atomic E-state index is 12.3. The smallest absolute Gasteiger partial charge is 0.237 e. The zero-order valence-corrected chi connectivity index (χ0v) is 15.1. The van der Waals surface area contributed by atoms with Gasteiger partial charge in [-0.3, -0.25) is 4.79 Å². The third kappa shape index (κ3) is 4.41. The predicted molar refractivity (Wildman–Crippen MR) is 93.0 cm³/mol. The van der Waals surface area contributed by atoms with Crippen LogP contribution in [0.15, 0.2) is 0 Å². The number of nitrogens with zero attached hydrogens (tertiary/aromatic N) is 1. The van der Waals surface area contributed by atoms with Crippen LogP contribution in [0.25, 0.3) is 0 Å². The van der Waals surface area contributed by atoms with Crippen molar-refractivity contribution < 1.29 is 13.2 Å². The highest BCUT2D eigenvalue weighted by molar-refractivity contribution is 7.99. The van der Waals surface area contributed by atoms with Crippen LogP contribution in [-0.4, -0.2) is 67.6 Å². The molecule has 132 valence electrons. The fraction of sp³-hybridized carbons (Fsp3) is 0.933. The second kappa shape index (κ2) is 7.72. The van der Waals surface area contributed by atoms with Crippen LogP contribution in [0.4, 0.5) is 0 Å². The summed E-state index contributed by atoms with van der Waals surface area (Å²) in [6, 6.07) is 0.339. The molecule has 6 nitrogen and oxygen atoms in total. The first-order valence-electron chi connectivity index (χ1n) is 8.65. The maximum Gasteiger partial charge on any atom is 0.237 e. The van der Waals surface area contributed by atoms with Gasteiger partial charge in [-0.25, -0.2) is 12.7 Å². The number of thioether (sulfide) groups is 1. The Morgan fingerprint density at radius 3 is 2.70 bits per heavy atom. The van der Waals surface area contributed by atoms with Gasteiger partial charge in [-0.1, -0.05) is 12.8 Å². The van der Waals surface area contributed by atoms with Crippen LogP contribution in [0.1, 0.15) is 32.1 Å². The van der Waals surface area contributed by atoms with E-state index in [2.05, 4.69) is 10.6 Å². The Kier molecular flexibility index (Phi) is 5.87. The van der Waals surface area contributed by atoms with Gasteiger partial charge in [-0.2, -0.15) is 11.8 Å². The number of sulfonamides is 1. The molecule has 1 aliphatic carbocycles. The zero-order valence-electron chi connectivity index (χ0n) is 13.5. The highest BCUT2D eigenvalue weighted by Crippen LogP contribution is 2.33. The highest BCUT2D eigenvalue weighted by atomic mass is 32.2. The minimum absolute atomic E-state index is 0.00296. The maximum atomic E-state index is 12.3. The number of carbonyl (C=O) groups excluding carboxylic acids is 1. The number of rotatable bonds is 5. The number of amides is 1. The first kappa shape index (κ1) is 17.5. The molecular weight excluding hydrogens is 334 g/mol. The Labute approximate surface area is 143 Å². The molecular formula is C15H27N3O3S2. The Morgan fingerprint density at radius 2 is 1.96 bits per heavy atom. The number of hydrogen-bond donors (Lipinski definition) is 2. The Hall–Kier alpha value is -0.310. The molecule has 1 saturated carbocycles. The molecule has 0 bridgehead atoms. The molecule has 1 amide bonds. The molecule has 3 fully saturated rings. The number of hydrogen-bond acceptors (Lipinski definition) is 5. The van der Waals surface area contributed by atoms with Crippen molar-refractivity contribution in [2.24, 2.45) is 5.92 Å². The Balaban J connectivity index is 1.42. The summed E-state index contributed by atoms with van der Waals surface area (Å²) in [6.45, 7) is 1.39. The van der Waals surface area contributed by atoms with Gasteiger partial charge in [0.2, 0.25) is 15.9 Å². The number of carbonyl (C=O) groups is 1. The Morgan fingerprint density at radius 1 is 1.22 bits per heavy atom. The largest absolute Gasteiger partial charge is 0.354 e. The molecule has 2 aliphatic heterocycles. The lowest BCUT2D eigenvalue weighted by Gasteiger charge is -2.25. The van der Waals surface area contributed by atoms with E-state index in [1.54, 1.807) is 16.1 Å². The van der Waals surface area contributed by atoms with Crippen molar-refractivity contribution in [2.45, 2.75) is 44.2 Å². The lowest BCUT2D eigenvalue weighted by molar-refractivity contribution is -0.122. The third-order valence-electron chi connectivity index (χ3n) is 5.20. The SMILES string of the molecule is O=C(NCCS(=O)(=O)N1CCSCC1)C1CC2CCCCC2N1. The topological polar surface area (TPSA) is 78.5 Å². The molecule has 2 saturated heterocycles. The van der Waals surface area contributed by atoms with E-state index in [1.165, 1.54) is 19.3 Å². The van der Waals surface area contributed by atoms with Crippen LogP contribution in [0, 0.1) is 5.92 Å². The van der Waals surface area contributed by atoms with E-state index in [4.69, 9.17) is 0 Å². The Bertz CT molecular complexity index is 506. The summed E-state index contributed by atoms with van der Waals surface area (Å²) < 4.78 is 26.0. The van der Waals surface area contributed by atoms with Gasteiger partial charge in [0, 0.05) is 37.2 Å². The molecule has 0 aromatic carbocycles. The minimum Gasteiger partial charge on any atom is -0.354 e. The first-order chi connectivity index (χ1) is 11.1. The molecule has 0 aromatic rings. The zero-order chi connectivity index (χ0) is 16.3. The molecule has 3 rings (SSSR count). The standard InChI is InChI=1S/C15H27N3O3S2/c19-15(14-11-12-3-1-2-4-13(12)17-14)16-5-10-23(20,21)18-6-8-22-9-7-18/h12-14,17H,1-11H2,(H,16,19). The summed E-state index contributed by atoms with van der Waals surface area (Å²) in [4.78, 5) is 12.3. The van der Waals surface area contributed by atoms with Crippen LogP contribution in [0.3, 0.4) is 0 Å². The summed E-state index contributed by atoms with van der Waals surface area (Å²) in [5.74, 6) is 2.31. The fourth-order valence-electron chi connectivity index (χ4n) is 3.90. The van der Waals surface area contributed by atoms with E-state index in [9.17, 15) is 13.2 Å². The summed E-state index contributed by atoms with van der Waals surface area (Å²) >= 11 is 1.79. The van der Waals surface area contributed by atoms with E-state index in [-0.39, 0.29) is 24.2 Å². The van der Waals surface area contributed by atoms with Gasteiger partial charge in [0.05, 0.1) is 11.8 Å². The molecule has 23 heavy (non-hydrogen) atoms. The third-order valence-corrected chi connectivity index (χ3v) is 8.02. The van der Waals surface area contributed by atoms with Gasteiger partial charge in [0.25, 0.3) is 0 Å². The second-order valence-corrected chi connectivity index (χ2v) is 10.0. The van der Waals surface area contributed by atoms with Crippen molar-refractivity contribution in [2.75, 3.05) is 36.9 Å². The van der Waals surface area contributed by atoms with Crippen molar-refractivity contribution in [3.8, 4) is 0 Å². The van der Waals surface area contributed by atoms with Crippen LogP contribution in [0.2, 0.25) is 0 Å². The van der Waals surface area contributed by atoms with E-state index in [0.717, 1.165) is 24.3 Å². The molecule has 2 heterocycles. The van der Waals surface area contributed by atoms with Gasteiger partial charge >= 0.3 is 0 Å². The molecule has 3 atom stereocenters. The predicted octanol–water partition coefficient (Wildman–Crippen LogP) is 0.402. The highest BCUT2D eigenvalue weighted by Gasteiger charge is 2.38. The van der Waals surface area contributed by atoms with Gasteiger partial charge in [0.1, 0.15) is 0 Å². The molecule has 3 aliphatic rings. The molecule has 3 unspecified atom stereocenters. The lowest BCUT2D eigenvalue weighted by atomic mass is 9.85. The monoisotopic (exact) mass is 361 g/mol. The van der Waals surface area contributed by atoms with Crippen LogP contribution in [-0.2, 0) is 14.8 Å². The van der Waals surface area contributed by atoms with Crippen molar-refractivity contribution in [1.29, 1.82) is 0 Å². The molecule has 0 radical (unpaired) electrons. The van der Waals surface area contributed by atoms with Crippen LogP contribution in [0.5, 0.6) is 0 Å². The van der Waals surface area contributed by atoms with E-state index in [0.29, 0.717) is 25.0 Å². The normalized spacial score (nSPS) is 32.4. The van der Waals surface area contributed by atoms with E-state index < -0.39 is 10.0 Å². The summed E-state index contributed by atoms with van der Waals surface area (Å²) in [6.07, 6.45) is 5.78. The van der Waals surface area contributed by atoms with Gasteiger partial charge in [0.15, 0.2) is 0 Å². The second-order valence-electron chi connectivity index (χ2n) is 6.72. The number of nitrogens with one attached hydrogen (secondary N) is 2. The van der Waals surface area contributed by atoms with Crippen LogP contribution >= 0.6 is 11.8 Å². The summed E-state index contributed by atoms with van der Waals surface area (Å²) in [5.41, 5.74) is 0. The summed E-state index contributed by atoms with van der Waals surface area (Å²) in [7, 11) is -3.24. The van der Waals surface area contributed by atoms with Crippen molar-refractivity contribution >= 4 is 27.7 Å². The average molecular weight is 362 g/mol. The average Bonchev–Trinajstić information content (AvgIpc) is 2.99. The van der Waals surface area contributed by atoms with Crippen molar-refractivity contribution in [1.82, 2.24) is 14.9 Å².